The number of nitrogens with zero attached hydrogens (tertiary/aromatic N) is 2. The van der Waals surface area contributed by atoms with Gasteiger partial charge >= 0.3 is 0 Å². The zero-order chi connectivity index (χ0) is 26.6. The Balaban J connectivity index is 1.29. The molecule has 0 aliphatic carbocycles. The average Bonchev–Trinajstić information content (AvgIpc) is 2.87. The van der Waals surface area contributed by atoms with Crippen LogP contribution in [0.3, 0.4) is 0 Å². The summed E-state index contributed by atoms with van der Waals surface area (Å²) in [6.45, 7) is 6.88. The predicted molar refractivity (Wildman–Crippen MR) is 140 cm³/mol. The molecule has 2 amide bonds. The molecule has 2 aliphatic rings. The maximum Gasteiger partial charge on any atom is 0.256 e. The molecule has 0 unspecified atom stereocenters. The van der Waals surface area contributed by atoms with Gasteiger partial charge in [0.05, 0.1) is 12.2 Å². The summed E-state index contributed by atoms with van der Waals surface area (Å²) < 4.78 is 34.8. The van der Waals surface area contributed by atoms with Crippen molar-refractivity contribution in [1.29, 1.82) is 0 Å². The highest BCUT2D eigenvalue weighted by atomic mass is 19.1. The van der Waals surface area contributed by atoms with Crippen LogP contribution in [-0.2, 0) is 4.79 Å². The molecule has 37 heavy (non-hydrogen) atoms. The first-order valence-electron chi connectivity index (χ1n) is 13.1. The van der Waals surface area contributed by atoms with Gasteiger partial charge in [-0.05, 0) is 93.9 Å². The molecule has 0 atom stereocenters. The lowest BCUT2D eigenvalue weighted by Crippen LogP contribution is -2.42. The van der Waals surface area contributed by atoms with E-state index in [4.69, 9.17) is 10.5 Å². The quantitative estimate of drug-likeness (QED) is 0.557. The van der Waals surface area contributed by atoms with Gasteiger partial charge in [0.2, 0.25) is 5.91 Å². The average molecular weight is 514 g/mol. The van der Waals surface area contributed by atoms with Gasteiger partial charge in [-0.15, -0.1) is 0 Å². The van der Waals surface area contributed by atoms with Crippen LogP contribution in [0.1, 0.15) is 49.9 Å². The summed E-state index contributed by atoms with van der Waals surface area (Å²) >= 11 is 0. The second-order valence-electron chi connectivity index (χ2n) is 10.9. The van der Waals surface area contributed by atoms with Gasteiger partial charge in [0.15, 0.2) is 0 Å². The normalized spacial score (nSPS) is 18.1. The predicted octanol–water partition coefficient (Wildman–Crippen LogP) is 4.67. The van der Waals surface area contributed by atoms with E-state index in [1.165, 1.54) is 12.1 Å². The summed E-state index contributed by atoms with van der Waals surface area (Å²) in [5.74, 6) is -0.311. The molecule has 4 rings (SSSR count). The topological polar surface area (TPSA) is 75.9 Å². The Morgan fingerprint density at radius 3 is 2.16 bits per heavy atom. The van der Waals surface area contributed by atoms with Crippen LogP contribution in [0.15, 0.2) is 42.5 Å². The van der Waals surface area contributed by atoms with E-state index in [-0.39, 0.29) is 23.3 Å². The van der Waals surface area contributed by atoms with E-state index in [1.807, 2.05) is 24.3 Å². The first kappa shape index (κ1) is 27.0. The van der Waals surface area contributed by atoms with Crippen LogP contribution in [0.2, 0.25) is 0 Å². The minimum atomic E-state index is -1.17. The molecule has 2 aromatic rings. The van der Waals surface area contributed by atoms with Crippen LogP contribution in [-0.4, -0.2) is 66.6 Å². The Kier molecular flexibility index (Phi) is 8.47. The van der Waals surface area contributed by atoms with E-state index in [9.17, 15) is 18.4 Å². The maximum atomic E-state index is 14.9. The van der Waals surface area contributed by atoms with Gasteiger partial charge in [0.25, 0.3) is 5.91 Å². The second kappa shape index (κ2) is 11.6. The Bertz CT molecular complexity index is 1080. The number of carbonyl (C=O) groups excluding carboxylic acids is 2. The number of rotatable bonds is 8. The number of likely N-dealkylation sites (tertiary alicyclic amines) is 2. The third kappa shape index (κ3) is 7.28. The van der Waals surface area contributed by atoms with Crippen molar-refractivity contribution in [3.05, 3.63) is 53.8 Å². The fourth-order valence-electron chi connectivity index (χ4n) is 5.21. The standard InChI is InChI=1S/C29H37F2N3O3/c1-29(2,31)19-33-13-9-20(10-14-33)18-37-24-6-3-21(4-7-24)23-5-8-25(26(30)17-23)28(36)34-15-11-22(12-16-34)27(32)35/h3-8,17,20,22H,9-16,18-19H2,1-2H3,(H2,32,35). The van der Waals surface area contributed by atoms with Crippen LogP contribution in [0.5, 0.6) is 5.75 Å². The molecule has 2 N–H and O–H groups in total. The lowest BCUT2D eigenvalue weighted by atomic mass is 9.95. The van der Waals surface area contributed by atoms with Crippen LogP contribution in [0, 0.1) is 17.7 Å². The van der Waals surface area contributed by atoms with Crippen molar-refractivity contribution in [1.82, 2.24) is 9.80 Å². The van der Waals surface area contributed by atoms with E-state index in [0.717, 1.165) is 37.2 Å². The minimum absolute atomic E-state index is 0.0300. The molecule has 2 aliphatic heterocycles. The molecule has 2 fully saturated rings. The van der Waals surface area contributed by atoms with Crippen molar-refractivity contribution in [2.75, 3.05) is 39.3 Å². The van der Waals surface area contributed by atoms with Crippen molar-refractivity contribution < 1.29 is 23.1 Å². The maximum absolute atomic E-state index is 14.9. The van der Waals surface area contributed by atoms with Crippen molar-refractivity contribution in [3.8, 4) is 16.9 Å². The fourth-order valence-corrected chi connectivity index (χ4v) is 5.21. The van der Waals surface area contributed by atoms with E-state index >= 15 is 0 Å². The second-order valence-corrected chi connectivity index (χ2v) is 10.9. The monoisotopic (exact) mass is 513 g/mol. The smallest absolute Gasteiger partial charge is 0.256 e. The molecule has 0 bridgehead atoms. The molecule has 0 saturated carbocycles. The van der Waals surface area contributed by atoms with Crippen molar-refractivity contribution in [2.24, 2.45) is 17.6 Å². The highest BCUT2D eigenvalue weighted by molar-refractivity contribution is 5.95. The van der Waals surface area contributed by atoms with Crippen molar-refractivity contribution >= 4 is 11.8 Å². The molecule has 2 saturated heterocycles. The van der Waals surface area contributed by atoms with Gasteiger partial charge in [0, 0.05) is 25.6 Å². The highest BCUT2D eigenvalue weighted by Gasteiger charge is 2.28. The molecule has 200 valence electrons. The number of amides is 2. The SMILES string of the molecule is CC(C)(F)CN1CCC(COc2ccc(-c3ccc(C(=O)N4CCC(C(N)=O)CC4)c(F)c3)cc2)CC1. The lowest BCUT2D eigenvalue weighted by molar-refractivity contribution is -0.123. The van der Waals surface area contributed by atoms with Gasteiger partial charge in [-0.1, -0.05) is 18.2 Å². The number of piperidine rings is 2. The Morgan fingerprint density at radius 2 is 1.59 bits per heavy atom. The van der Waals surface area contributed by atoms with Crippen LogP contribution < -0.4 is 10.5 Å². The Labute approximate surface area is 217 Å². The van der Waals surface area contributed by atoms with Crippen molar-refractivity contribution in [3.63, 3.8) is 0 Å². The van der Waals surface area contributed by atoms with Crippen LogP contribution in [0.25, 0.3) is 11.1 Å². The lowest BCUT2D eigenvalue weighted by Gasteiger charge is -2.34. The number of ether oxygens (including phenoxy) is 1. The van der Waals surface area contributed by atoms with E-state index in [1.54, 1.807) is 24.8 Å². The minimum Gasteiger partial charge on any atom is -0.493 e. The summed E-state index contributed by atoms with van der Waals surface area (Å²) in [6, 6.07) is 12.2. The number of hydrogen-bond donors (Lipinski definition) is 1. The summed E-state index contributed by atoms with van der Waals surface area (Å²) in [7, 11) is 0. The number of carbonyl (C=O) groups is 2. The van der Waals surface area contributed by atoms with E-state index in [0.29, 0.717) is 50.6 Å². The highest BCUT2D eigenvalue weighted by Crippen LogP contribution is 2.27. The number of hydrogen-bond acceptors (Lipinski definition) is 4. The van der Waals surface area contributed by atoms with Gasteiger partial charge in [-0.3, -0.25) is 9.59 Å². The molecule has 2 aromatic carbocycles. The largest absolute Gasteiger partial charge is 0.493 e. The summed E-state index contributed by atoms with van der Waals surface area (Å²) in [5, 5.41) is 0. The first-order chi connectivity index (χ1) is 17.6. The zero-order valence-electron chi connectivity index (χ0n) is 21.7. The molecule has 0 radical (unpaired) electrons. The van der Waals surface area contributed by atoms with Crippen LogP contribution in [0.4, 0.5) is 8.78 Å². The van der Waals surface area contributed by atoms with Crippen molar-refractivity contribution in [2.45, 2.75) is 45.2 Å². The van der Waals surface area contributed by atoms with E-state index < -0.39 is 11.5 Å². The number of alkyl halides is 1. The number of benzene rings is 2. The third-order valence-electron chi connectivity index (χ3n) is 7.36. The summed E-state index contributed by atoms with van der Waals surface area (Å²) in [5.41, 5.74) is 5.72. The van der Waals surface area contributed by atoms with Crippen LogP contribution >= 0.6 is 0 Å². The molecular formula is C29H37F2N3O3. The molecular weight excluding hydrogens is 476 g/mol. The molecule has 0 spiro atoms. The summed E-state index contributed by atoms with van der Waals surface area (Å²) in [6.07, 6.45) is 2.99. The fraction of sp³-hybridized carbons (Fsp3) is 0.517. The van der Waals surface area contributed by atoms with Gasteiger partial charge in [-0.2, -0.15) is 0 Å². The van der Waals surface area contributed by atoms with Gasteiger partial charge < -0.3 is 20.3 Å². The Morgan fingerprint density at radius 1 is 0.973 bits per heavy atom. The molecule has 8 heteroatoms. The number of primary amides is 1. The Hall–Kier alpha value is -3.00. The molecule has 0 aromatic heterocycles. The third-order valence-corrected chi connectivity index (χ3v) is 7.36. The number of nitrogens with two attached hydrogens (primary N) is 1. The van der Waals surface area contributed by atoms with E-state index in [2.05, 4.69) is 4.90 Å². The van der Waals surface area contributed by atoms with Gasteiger partial charge in [-0.25, -0.2) is 8.78 Å². The summed E-state index contributed by atoms with van der Waals surface area (Å²) in [4.78, 5) is 27.9. The van der Waals surface area contributed by atoms with Gasteiger partial charge in [0.1, 0.15) is 17.2 Å². The molecule has 2 heterocycles. The first-order valence-corrected chi connectivity index (χ1v) is 13.1. The zero-order valence-corrected chi connectivity index (χ0v) is 21.7. The number of halogens is 2. The molecule has 6 nitrogen and oxygen atoms in total.